The van der Waals surface area contributed by atoms with Gasteiger partial charge in [0.15, 0.2) is 0 Å². The second-order valence-electron chi connectivity index (χ2n) is 9.29. The summed E-state index contributed by atoms with van der Waals surface area (Å²) < 4.78 is 20.3. The molecule has 0 amide bonds. The van der Waals surface area contributed by atoms with Gasteiger partial charge in [0.25, 0.3) is 0 Å². The van der Waals surface area contributed by atoms with E-state index >= 15 is 0 Å². The molecule has 0 saturated carbocycles. The van der Waals surface area contributed by atoms with Gasteiger partial charge in [-0.2, -0.15) is 0 Å². The summed E-state index contributed by atoms with van der Waals surface area (Å²) in [6.45, 7) is 5.32. The zero-order valence-electron chi connectivity index (χ0n) is 20.4. The minimum Gasteiger partial charge on any atom is -0.469 e. The number of benzene rings is 2. The van der Waals surface area contributed by atoms with Gasteiger partial charge in [0.2, 0.25) is 0 Å². The van der Waals surface area contributed by atoms with Crippen molar-refractivity contribution in [3.8, 4) is 5.69 Å². The van der Waals surface area contributed by atoms with Crippen LogP contribution in [0.2, 0.25) is 0 Å². The van der Waals surface area contributed by atoms with Gasteiger partial charge < -0.3 is 14.6 Å². The second-order valence-corrected chi connectivity index (χ2v) is 9.29. The van der Waals surface area contributed by atoms with Crippen molar-refractivity contribution in [2.24, 2.45) is 0 Å². The van der Waals surface area contributed by atoms with Crippen molar-refractivity contribution in [3.63, 3.8) is 0 Å². The first-order chi connectivity index (χ1) is 17.6. The van der Waals surface area contributed by atoms with Crippen LogP contribution in [0.1, 0.15) is 23.5 Å². The number of ether oxygens (including phenoxy) is 1. The molecule has 5 rings (SSSR count). The number of H-pyrrole nitrogens is 1. The van der Waals surface area contributed by atoms with Crippen LogP contribution >= 0.6 is 0 Å². The fraction of sp³-hybridized carbons (Fsp3) is 0.370. The molecule has 0 aliphatic carbocycles. The minimum absolute atomic E-state index is 0.282. The van der Waals surface area contributed by atoms with Gasteiger partial charge in [0.1, 0.15) is 18.5 Å². The van der Waals surface area contributed by atoms with Gasteiger partial charge in [-0.3, -0.25) is 14.3 Å². The molecular formula is C27H31FN6O2. The fourth-order valence-corrected chi connectivity index (χ4v) is 4.97. The molecule has 3 heterocycles. The Hall–Kier alpha value is -3.56. The van der Waals surface area contributed by atoms with Gasteiger partial charge in [0.05, 0.1) is 13.0 Å². The average molecular weight is 491 g/mol. The van der Waals surface area contributed by atoms with Crippen molar-refractivity contribution < 1.29 is 13.9 Å². The predicted octanol–water partition coefficient (Wildman–Crippen LogP) is 3.39. The summed E-state index contributed by atoms with van der Waals surface area (Å²) in [4.78, 5) is 20.6. The molecule has 0 radical (unpaired) electrons. The van der Waals surface area contributed by atoms with Gasteiger partial charge >= 0.3 is 5.97 Å². The fourth-order valence-electron chi connectivity index (χ4n) is 4.97. The molecule has 0 spiro atoms. The van der Waals surface area contributed by atoms with E-state index in [1.807, 2.05) is 4.57 Å². The smallest absolute Gasteiger partial charge is 0.314 e. The van der Waals surface area contributed by atoms with E-state index in [9.17, 15) is 9.18 Å². The van der Waals surface area contributed by atoms with Gasteiger partial charge in [-0.15, -0.1) is 10.2 Å². The number of hydrogen-bond acceptors (Lipinski definition) is 6. The van der Waals surface area contributed by atoms with Crippen LogP contribution in [-0.4, -0.2) is 81.9 Å². The van der Waals surface area contributed by atoms with Crippen LogP contribution in [0.25, 0.3) is 16.6 Å². The minimum atomic E-state index is -0.410. The number of aryl methyl sites for hydroxylation is 1. The molecule has 1 aliphatic rings. The Balaban J connectivity index is 1.12. The highest BCUT2D eigenvalue weighted by Crippen LogP contribution is 2.24. The number of methoxy groups -OCH3 is 1. The molecule has 1 aliphatic heterocycles. The number of fused-ring (bicyclic) bond motifs is 1. The first-order valence-electron chi connectivity index (χ1n) is 12.3. The first-order valence-corrected chi connectivity index (χ1v) is 12.3. The molecule has 1 N–H and O–H groups in total. The van der Waals surface area contributed by atoms with E-state index in [-0.39, 0.29) is 11.8 Å². The normalized spacial score (nSPS) is 15.8. The summed E-state index contributed by atoms with van der Waals surface area (Å²) in [5.74, 6) is -0.998. The molecule has 1 unspecified atom stereocenters. The van der Waals surface area contributed by atoms with Gasteiger partial charge in [0, 0.05) is 55.5 Å². The van der Waals surface area contributed by atoms with Crippen LogP contribution in [0.15, 0.2) is 61.3 Å². The van der Waals surface area contributed by atoms with Crippen LogP contribution in [0.4, 0.5) is 4.39 Å². The van der Waals surface area contributed by atoms with Crippen LogP contribution in [-0.2, 0) is 16.0 Å². The van der Waals surface area contributed by atoms with Crippen LogP contribution in [0.5, 0.6) is 0 Å². The van der Waals surface area contributed by atoms with Crippen LogP contribution in [0.3, 0.4) is 0 Å². The van der Waals surface area contributed by atoms with E-state index in [0.717, 1.165) is 62.3 Å². The largest absolute Gasteiger partial charge is 0.469 e. The Kier molecular flexibility index (Phi) is 7.39. The van der Waals surface area contributed by atoms with E-state index in [2.05, 4.69) is 49.4 Å². The standard InChI is InChI=1S/C27H31FN6O2/c1-36-27(35)25(20-4-6-22(28)7-5-20)17-33-13-11-32(12-14-33)10-2-3-21-16-29-26-9-8-23(15-24(21)26)34-18-30-31-19-34/h4-9,15-16,18-19,25,29H,2-3,10-14,17H2,1H3. The number of carbonyl (C=O) groups is 1. The highest BCUT2D eigenvalue weighted by atomic mass is 19.1. The van der Waals surface area contributed by atoms with Crippen LogP contribution < -0.4 is 0 Å². The highest BCUT2D eigenvalue weighted by Gasteiger charge is 2.26. The van der Waals surface area contributed by atoms with Crippen molar-refractivity contribution in [2.75, 3.05) is 46.4 Å². The monoisotopic (exact) mass is 490 g/mol. The lowest BCUT2D eigenvalue weighted by atomic mass is 9.98. The SMILES string of the molecule is COC(=O)C(CN1CCN(CCCc2c[nH]c3ccc(-n4cnnc4)cc23)CC1)c1ccc(F)cc1. The number of rotatable bonds is 9. The molecule has 2 aromatic heterocycles. The maximum absolute atomic E-state index is 13.3. The highest BCUT2D eigenvalue weighted by molar-refractivity contribution is 5.85. The number of nitrogens with zero attached hydrogens (tertiary/aromatic N) is 5. The summed E-state index contributed by atoms with van der Waals surface area (Å²) in [7, 11) is 1.40. The third kappa shape index (κ3) is 5.47. The van der Waals surface area contributed by atoms with E-state index < -0.39 is 5.92 Å². The van der Waals surface area contributed by atoms with Gasteiger partial charge in [-0.25, -0.2) is 4.39 Å². The van der Waals surface area contributed by atoms with Gasteiger partial charge in [-0.1, -0.05) is 12.1 Å². The molecule has 188 valence electrons. The number of hydrogen-bond donors (Lipinski definition) is 1. The molecule has 1 atom stereocenters. The lowest BCUT2D eigenvalue weighted by molar-refractivity contribution is -0.143. The zero-order valence-corrected chi connectivity index (χ0v) is 20.4. The first kappa shape index (κ1) is 24.1. The number of esters is 1. The topological polar surface area (TPSA) is 79.3 Å². The number of halogens is 1. The summed E-state index contributed by atoms with van der Waals surface area (Å²) in [5.41, 5.74) is 4.29. The number of aromatic nitrogens is 4. The van der Waals surface area contributed by atoms with Crippen molar-refractivity contribution in [2.45, 2.75) is 18.8 Å². The molecule has 8 nitrogen and oxygen atoms in total. The maximum atomic E-state index is 13.3. The number of nitrogens with one attached hydrogen (secondary N) is 1. The van der Waals surface area contributed by atoms with E-state index in [0.29, 0.717) is 6.54 Å². The third-order valence-electron chi connectivity index (χ3n) is 7.05. The van der Waals surface area contributed by atoms with Crippen molar-refractivity contribution in [3.05, 3.63) is 78.3 Å². The summed E-state index contributed by atoms with van der Waals surface area (Å²) in [5, 5.41) is 9.04. The summed E-state index contributed by atoms with van der Waals surface area (Å²) in [6.07, 6.45) is 7.60. The quantitative estimate of drug-likeness (QED) is 0.363. The van der Waals surface area contributed by atoms with E-state index in [4.69, 9.17) is 4.74 Å². The average Bonchev–Trinajstić information content (AvgIpc) is 3.59. The predicted molar refractivity (Wildman–Crippen MR) is 136 cm³/mol. The molecule has 0 bridgehead atoms. The van der Waals surface area contributed by atoms with E-state index in [1.54, 1.807) is 24.8 Å². The number of carbonyl (C=O) groups excluding carboxylic acids is 1. The summed E-state index contributed by atoms with van der Waals surface area (Å²) in [6, 6.07) is 12.5. The molecule has 9 heteroatoms. The second kappa shape index (κ2) is 11.0. The molecule has 1 saturated heterocycles. The van der Waals surface area contributed by atoms with Crippen molar-refractivity contribution in [1.82, 2.24) is 29.5 Å². The Morgan fingerprint density at radius 2 is 1.78 bits per heavy atom. The van der Waals surface area contributed by atoms with Crippen molar-refractivity contribution in [1.29, 1.82) is 0 Å². The molecule has 4 aromatic rings. The Morgan fingerprint density at radius 3 is 2.50 bits per heavy atom. The van der Waals surface area contributed by atoms with Crippen molar-refractivity contribution >= 4 is 16.9 Å². The Morgan fingerprint density at radius 1 is 1.06 bits per heavy atom. The maximum Gasteiger partial charge on any atom is 0.314 e. The Labute approximate surface area is 209 Å². The zero-order chi connectivity index (χ0) is 24.9. The lowest BCUT2D eigenvalue weighted by Gasteiger charge is -2.36. The molecule has 1 fully saturated rings. The molecule has 2 aromatic carbocycles. The summed E-state index contributed by atoms with van der Waals surface area (Å²) >= 11 is 0. The number of piperazine rings is 1. The Bertz CT molecular complexity index is 1280. The van der Waals surface area contributed by atoms with Gasteiger partial charge in [-0.05, 0) is 60.8 Å². The molecular weight excluding hydrogens is 459 g/mol. The third-order valence-corrected chi connectivity index (χ3v) is 7.05. The lowest BCUT2D eigenvalue weighted by Crippen LogP contribution is -2.48. The van der Waals surface area contributed by atoms with Crippen LogP contribution in [0, 0.1) is 5.82 Å². The number of aromatic amines is 1. The molecule has 36 heavy (non-hydrogen) atoms. The van der Waals surface area contributed by atoms with E-state index in [1.165, 1.54) is 30.2 Å².